The summed E-state index contributed by atoms with van der Waals surface area (Å²) in [6, 6.07) is 0. The molecule has 0 radical (unpaired) electrons. The molecule has 1 heterocycles. The molecule has 12 heavy (non-hydrogen) atoms. The van der Waals surface area contributed by atoms with Gasteiger partial charge >= 0.3 is 18.2 Å². The first-order chi connectivity index (χ1) is 5.85. The second kappa shape index (κ2) is 10.1. The highest BCUT2D eigenvalue weighted by atomic mass is 35.6. The van der Waals surface area contributed by atoms with E-state index in [-0.39, 0.29) is 6.10 Å². The molecule has 0 aromatic rings. The van der Waals surface area contributed by atoms with Crippen molar-refractivity contribution in [3.8, 4) is 0 Å². The molecule has 0 N–H and O–H groups in total. The summed E-state index contributed by atoms with van der Waals surface area (Å²) in [5.74, 6) is 0. The number of ether oxygens (including phenoxy) is 2. The van der Waals surface area contributed by atoms with E-state index in [1.807, 2.05) is 6.08 Å². The van der Waals surface area contributed by atoms with Crippen molar-refractivity contribution >= 4 is 36.3 Å². The van der Waals surface area contributed by atoms with E-state index in [1.165, 1.54) is 0 Å². The van der Waals surface area contributed by atoms with Gasteiger partial charge in [0, 0.05) is 0 Å². The minimum atomic E-state index is -0.639. The van der Waals surface area contributed by atoms with Gasteiger partial charge < -0.3 is 27.6 Å². The lowest BCUT2D eigenvalue weighted by atomic mass is 10.2. The van der Waals surface area contributed by atoms with E-state index in [2.05, 4.69) is 6.58 Å². The fourth-order valence-electron chi connectivity index (χ4n) is 0.859. The third-order valence-electron chi connectivity index (χ3n) is 1.31. The number of rotatable bonds is 2. The maximum atomic E-state index is 5.32. The summed E-state index contributed by atoms with van der Waals surface area (Å²) in [5, 5.41) is 0. The topological polar surface area (TPSA) is 18.5 Å². The van der Waals surface area contributed by atoms with Gasteiger partial charge in [0.05, 0.1) is 25.9 Å². The summed E-state index contributed by atoms with van der Waals surface area (Å²) in [4.78, 5) is 0. The van der Waals surface area contributed by atoms with Crippen LogP contribution in [0.5, 0.6) is 0 Å². The molecule has 2 nitrogen and oxygen atoms in total. The minimum Gasteiger partial charge on any atom is -0.376 e. The van der Waals surface area contributed by atoms with Crippen molar-refractivity contribution in [2.45, 2.75) is 12.5 Å². The van der Waals surface area contributed by atoms with Gasteiger partial charge in [0.2, 0.25) is 0 Å². The average molecular weight is 223 g/mol. The maximum absolute atomic E-state index is 5.32. The molecule has 1 aliphatic rings. The summed E-state index contributed by atoms with van der Waals surface area (Å²) in [6.07, 6.45) is 3.02. The Balaban J connectivity index is 0.000000354. The molecule has 0 saturated carbocycles. The van der Waals surface area contributed by atoms with E-state index in [1.54, 1.807) is 0 Å². The molecule has 0 aromatic heterocycles. The van der Waals surface area contributed by atoms with Crippen molar-refractivity contribution < 1.29 is 9.47 Å². The van der Waals surface area contributed by atoms with Crippen LogP contribution in [0.15, 0.2) is 12.7 Å². The minimum absolute atomic E-state index is 0.260. The van der Waals surface area contributed by atoms with Gasteiger partial charge in [-0.25, -0.2) is 0 Å². The second-order valence-corrected chi connectivity index (χ2v) is 4.82. The molecule has 1 rings (SSSR count). The molecule has 1 atom stereocenters. The molecule has 0 bridgehead atoms. The van der Waals surface area contributed by atoms with Crippen LogP contribution in [0, 0.1) is 0 Å². The molecule has 0 amide bonds. The van der Waals surface area contributed by atoms with Crippen molar-refractivity contribution in [2.75, 3.05) is 19.8 Å². The zero-order valence-electron chi connectivity index (χ0n) is 6.97. The largest absolute Gasteiger partial charge is 0.618 e. The Morgan fingerprint density at radius 1 is 1.50 bits per heavy atom. The normalized spacial score (nSPS) is 21.7. The summed E-state index contributed by atoms with van der Waals surface area (Å²) in [5.41, 5.74) is 0. The van der Waals surface area contributed by atoms with Gasteiger partial charge in [-0.2, -0.15) is 0 Å². The third-order valence-corrected chi connectivity index (χ3v) is 1.31. The first-order valence-electron chi connectivity index (χ1n) is 3.77. The van der Waals surface area contributed by atoms with Gasteiger partial charge in [-0.15, -0.1) is 6.58 Å². The lowest BCUT2D eigenvalue weighted by Crippen LogP contribution is -2.27. The lowest BCUT2D eigenvalue weighted by Gasteiger charge is -2.21. The third kappa shape index (κ3) is 7.64. The predicted octanol–water partition coefficient (Wildman–Crippen LogP) is 1.98. The lowest BCUT2D eigenvalue weighted by molar-refractivity contribution is -0.0861. The van der Waals surface area contributed by atoms with Crippen LogP contribution in [0.2, 0.25) is 0 Å². The molecular formula is C7H12Cl2MgO2. The fraction of sp³-hybridized carbons (Fsp3) is 0.714. The molecule has 68 valence electrons. The quantitative estimate of drug-likeness (QED) is 0.526. The molecule has 1 saturated heterocycles. The number of hydrogen-bond donors (Lipinski definition) is 0. The molecule has 1 fully saturated rings. The smallest absolute Gasteiger partial charge is 0.376 e. The molecule has 1 aliphatic heterocycles. The molecule has 0 aliphatic carbocycles. The Bertz CT molecular complexity index is 108. The van der Waals surface area contributed by atoms with Crippen LogP contribution in [0.4, 0.5) is 0 Å². The summed E-state index contributed by atoms with van der Waals surface area (Å²) in [6.45, 7) is 5.83. The highest BCUT2D eigenvalue weighted by Gasteiger charge is 2.11. The molecule has 0 spiro atoms. The van der Waals surface area contributed by atoms with Crippen LogP contribution < -0.4 is 0 Å². The van der Waals surface area contributed by atoms with E-state index >= 15 is 0 Å². The summed E-state index contributed by atoms with van der Waals surface area (Å²) < 4.78 is 10.5. The van der Waals surface area contributed by atoms with Gasteiger partial charge in [-0.05, 0) is 6.42 Å². The first-order valence-corrected chi connectivity index (χ1v) is 8.05. The monoisotopic (exact) mass is 222 g/mol. The SMILES string of the molecule is C=CCC1COCCO1.[Cl][Mg][Cl]. The molecular weight excluding hydrogens is 211 g/mol. The van der Waals surface area contributed by atoms with Gasteiger partial charge in [-0.1, -0.05) is 6.08 Å². The van der Waals surface area contributed by atoms with E-state index in [4.69, 9.17) is 27.6 Å². The summed E-state index contributed by atoms with van der Waals surface area (Å²) >= 11 is -0.639. The summed E-state index contributed by atoms with van der Waals surface area (Å²) in [7, 11) is 9.81. The number of halogens is 2. The van der Waals surface area contributed by atoms with Crippen molar-refractivity contribution in [1.82, 2.24) is 0 Å². The van der Waals surface area contributed by atoms with Gasteiger partial charge in [0.15, 0.2) is 0 Å². The predicted molar refractivity (Wildman–Crippen MR) is 52.8 cm³/mol. The van der Waals surface area contributed by atoms with Crippen molar-refractivity contribution in [3.63, 3.8) is 0 Å². The number of hydrogen-bond acceptors (Lipinski definition) is 2. The van der Waals surface area contributed by atoms with Gasteiger partial charge in [-0.3, -0.25) is 0 Å². The Morgan fingerprint density at radius 2 is 2.17 bits per heavy atom. The standard InChI is InChI=1S/C7H12O2.2ClH.Mg/c1-2-3-7-6-8-4-5-9-7;;;/h2,7H,1,3-6H2;2*1H;/q;;;+2/p-2. The van der Waals surface area contributed by atoms with Crippen molar-refractivity contribution in [3.05, 3.63) is 12.7 Å². The molecule has 1 unspecified atom stereocenters. The van der Waals surface area contributed by atoms with Crippen LogP contribution in [0.1, 0.15) is 6.42 Å². The van der Waals surface area contributed by atoms with E-state index in [0.29, 0.717) is 0 Å². The van der Waals surface area contributed by atoms with Crippen molar-refractivity contribution in [1.29, 1.82) is 0 Å². The van der Waals surface area contributed by atoms with Crippen LogP contribution in [0.3, 0.4) is 0 Å². The first kappa shape index (κ1) is 13.0. The maximum Gasteiger partial charge on any atom is 0.618 e. The fourth-order valence-corrected chi connectivity index (χ4v) is 0.859. The molecule has 0 aromatic carbocycles. The van der Waals surface area contributed by atoms with Crippen LogP contribution in [-0.4, -0.2) is 44.1 Å². The second-order valence-electron chi connectivity index (χ2n) is 2.19. The molecule has 5 heteroatoms. The Kier molecular flexibility index (Phi) is 10.9. The van der Waals surface area contributed by atoms with E-state index < -0.39 is 18.2 Å². The zero-order chi connectivity index (χ0) is 9.23. The van der Waals surface area contributed by atoms with E-state index in [0.717, 1.165) is 26.2 Å². The average Bonchev–Trinajstić information content (AvgIpc) is 2.08. The van der Waals surface area contributed by atoms with Gasteiger partial charge in [0.25, 0.3) is 0 Å². The van der Waals surface area contributed by atoms with Crippen LogP contribution in [-0.2, 0) is 9.47 Å². The zero-order valence-corrected chi connectivity index (χ0v) is 9.90. The Labute approximate surface area is 90.5 Å². The van der Waals surface area contributed by atoms with Crippen molar-refractivity contribution in [2.24, 2.45) is 0 Å². The highest BCUT2D eigenvalue weighted by Crippen LogP contribution is 2.04. The Hall–Kier alpha value is 1.01. The van der Waals surface area contributed by atoms with E-state index in [9.17, 15) is 0 Å². The Morgan fingerprint density at radius 3 is 2.58 bits per heavy atom. The van der Waals surface area contributed by atoms with Crippen LogP contribution >= 0.6 is 18.1 Å². The van der Waals surface area contributed by atoms with Gasteiger partial charge in [0.1, 0.15) is 0 Å². The van der Waals surface area contributed by atoms with Crippen LogP contribution in [0.25, 0.3) is 0 Å². The highest BCUT2D eigenvalue weighted by molar-refractivity contribution is 7.22.